The topological polar surface area (TPSA) is 84.5 Å². The number of fused-ring (bicyclic) bond motifs is 2. The van der Waals surface area contributed by atoms with Crippen molar-refractivity contribution in [3.05, 3.63) is 84.3 Å². The van der Waals surface area contributed by atoms with Crippen LogP contribution in [-0.2, 0) is 6.54 Å². The number of aryl methyl sites for hydroxylation is 1. The van der Waals surface area contributed by atoms with Gasteiger partial charge in [0.25, 0.3) is 11.8 Å². The SMILES string of the molecule is CCn1ncc2c(C(=O)N3CCN(C(=O)c4cc5ccccc5o4)CC3)cc(-c3ccccc3)nc21. The maximum atomic E-state index is 13.7. The van der Waals surface area contributed by atoms with Crippen LogP contribution in [0.5, 0.6) is 0 Å². The molecule has 2 amide bonds. The van der Waals surface area contributed by atoms with Crippen molar-refractivity contribution < 1.29 is 14.0 Å². The van der Waals surface area contributed by atoms with Gasteiger partial charge in [0, 0.05) is 43.7 Å². The molecule has 1 aliphatic heterocycles. The number of carbonyl (C=O) groups excluding carboxylic acids is 2. The second-order valence-electron chi connectivity index (χ2n) is 8.85. The fraction of sp³-hybridized carbons (Fsp3) is 0.214. The molecule has 2 aromatic carbocycles. The fourth-order valence-corrected chi connectivity index (χ4v) is 4.74. The number of pyridine rings is 1. The van der Waals surface area contributed by atoms with Gasteiger partial charge in [-0.2, -0.15) is 5.10 Å². The lowest BCUT2D eigenvalue weighted by atomic mass is 10.1. The highest BCUT2D eigenvalue weighted by atomic mass is 16.3. The molecule has 0 spiro atoms. The van der Waals surface area contributed by atoms with Crippen LogP contribution in [-0.4, -0.2) is 62.6 Å². The van der Waals surface area contributed by atoms with E-state index < -0.39 is 0 Å². The van der Waals surface area contributed by atoms with E-state index in [4.69, 9.17) is 9.40 Å². The summed E-state index contributed by atoms with van der Waals surface area (Å²) in [5, 5.41) is 6.08. The van der Waals surface area contributed by atoms with Crippen molar-refractivity contribution in [1.82, 2.24) is 24.6 Å². The maximum Gasteiger partial charge on any atom is 0.289 e. The summed E-state index contributed by atoms with van der Waals surface area (Å²) < 4.78 is 7.56. The number of piperazine rings is 1. The van der Waals surface area contributed by atoms with Gasteiger partial charge in [0.1, 0.15) is 5.58 Å². The molecule has 36 heavy (non-hydrogen) atoms. The fourth-order valence-electron chi connectivity index (χ4n) is 4.74. The van der Waals surface area contributed by atoms with Gasteiger partial charge in [0.05, 0.1) is 22.8 Å². The van der Waals surface area contributed by atoms with Crippen molar-refractivity contribution in [2.45, 2.75) is 13.5 Å². The Balaban J connectivity index is 1.25. The predicted molar refractivity (Wildman–Crippen MR) is 137 cm³/mol. The summed E-state index contributed by atoms with van der Waals surface area (Å²) in [5.41, 5.74) is 3.65. The van der Waals surface area contributed by atoms with Crippen molar-refractivity contribution in [2.24, 2.45) is 0 Å². The molecule has 0 bridgehead atoms. The molecule has 6 rings (SSSR count). The number of carbonyl (C=O) groups is 2. The Bertz CT molecular complexity index is 1550. The third-order valence-corrected chi connectivity index (χ3v) is 6.70. The molecule has 8 nitrogen and oxygen atoms in total. The van der Waals surface area contributed by atoms with Crippen LogP contribution in [0.15, 0.2) is 77.3 Å². The molecule has 1 aliphatic rings. The minimum Gasteiger partial charge on any atom is -0.451 e. The summed E-state index contributed by atoms with van der Waals surface area (Å²) in [6.07, 6.45) is 1.72. The number of amides is 2. The molecule has 0 N–H and O–H groups in total. The van der Waals surface area contributed by atoms with Crippen molar-refractivity contribution >= 4 is 33.8 Å². The Hall–Kier alpha value is -4.46. The summed E-state index contributed by atoms with van der Waals surface area (Å²) in [5.74, 6) is 0.0950. The summed E-state index contributed by atoms with van der Waals surface area (Å²) in [7, 11) is 0. The highest BCUT2D eigenvalue weighted by molar-refractivity contribution is 6.06. The van der Waals surface area contributed by atoms with Gasteiger partial charge in [-0.05, 0) is 25.1 Å². The molecule has 1 saturated heterocycles. The second-order valence-corrected chi connectivity index (χ2v) is 8.85. The minimum absolute atomic E-state index is 0.0777. The highest BCUT2D eigenvalue weighted by Gasteiger charge is 2.29. The monoisotopic (exact) mass is 479 g/mol. The normalized spacial score (nSPS) is 14.0. The van der Waals surface area contributed by atoms with Crippen LogP contribution in [0.3, 0.4) is 0 Å². The van der Waals surface area contributed by atoms with E-state index in [9.17, 15) is 9.59 Å². The Labute approximate surface area is 207 Å². The van der Waals surface area contributed by atoms with E-state index in [2.05, 4.69) is 5.10 Å². The minimum atomic E-state index is -0.153. The van der Waals surface area contributed by atoms with Crippen LogP contribution in [0.1, 0.15) is 27.8 Å². The molecule has 180 valence electrons. The van der Waals surface area contributed by atoms with Gasteiger partial charge in [-0.1, -0.05) is 48.5 Å². The zero-order chi connectivity index (χ0) is 24.6. The molecular formula is C28H25N5O3. The summed E-state index contributed by atoms with van der Waals surface area (Å²) in [6.45, 7) is 4.42. The van der Waals surface area contributed by atoms with Gasteiger partial charge in [-0.25, -0.2) is 9.67 Å². The summed E-state index contributed by atoms with van der Waals surface area (Å²) >= 11 is 0. The third-order valence-electron chi connectivity index (χ3n) is 6.70. The zero-order valence-corrected chi connectivity index (χ0v) is 19.9. The molecule has 1 fully saturated rings. The Morgan fingerprint density at radius 2 is 1.58 bits per heavy atom. The van der Waals surface area contributed by atoms with Crippen molar-refractivity contribution in [1.29, 1.82) is 0 Å². The third kappa shape index (κ3) is 3.80. The van der Waals surface area contributed by atoms with Crippen molar-refractivity contribution in [3.8, 4) is 11.3 Å². The zero-order valence-electron chi connectivity index (χ0n) is 19.9. The van der Waals surface area contributed by atoms with E-state index in [1.807, 2.05) is 72.3 Å². The number of aromatic nitrogens is 3. The standard InChI is InChI=1S/C28H25N5O3/c1-2-33-26-22(18-29-33)21(17-23(30-26)19-8-4-3-5-9-19)27(34)31-12-14-32(15-13-31)28(35)25-16-20-10-6-7-11-24(20)36-25/h3-11,16-18H,2,12-15H2,1H3. The molecule has 0 atom stereocenters. The molecule has 0 saturated carbocycles. The van der Waals surface area contributed by atoms with E-state index in [0.29, 0.717) is 55.3 Å². The molecule has 8 heteroatoms. The largest absolute Gasteiger partial charge is 0.451 e. The first-order valence-electron chi connectivity index (χ1n) is 12.1. The van der Waals surface area contributed by atoms with E-state index in [-0.39, 0.29) is 11.8 Å². The predicted octanol–water partition coefficient (Wildman–Crippen LogP) is 4.46. The van der Waals surface area contributed by atoms with Gasteiger partial charge in [0.2, 0.25) is 0 Å². The molecule has 3 aromatic heterocycles. The molecule has 0 aliphatic carbocycles. The summed E-state index contributed by atoms with van der Waals surface area (Å²) in [4.78, 5) is 35.1. The van der Waals surface area contributed by atoms with Gasteiger partial charge < -0.3 is 14.2 Å². The van der Waals surface area contributed by atoms with Crippen LogP contribution >= 0.6 is 0 Å². The molecule has 0 radical (unpaired) electrons. The highest BCUT2D eigenvalue weighted by Crippen LogP contribution is 2.27. The maximum absolute atomic E-state index is 13.7. The van der Waals surface area contributed by atoms with Crippen molar-refractivity contribution in [2.75, 3.05) is 26.2 Å². The van der Waals surface area contributed by atoms with Crippen LogP contribution in [0.2, 0.25) is 0 Å². The second kappa shape index (κ2) is 8.96. The Kier molecular flexibility index (Phi) is 5.48. The summed E-state index contributed by atoms with van der Waals surface area (Å²) in [6, 6.07) is 21.0. The first-order valence-corrected chi connectivity index (χ1v) is 12.1. The van der Waals surface area contributed by atoms with Crippen LogP contribution in [0, 0.1) is 0 Å². The smallest absolute Gasteiger partial charge is 0.289 e. The number of hydrogen-bond donors (Lipinski definition) is 0. The van der Waals surface area contributed by atoms with E-state index in [1.165, 1.54) is 0 Å². The van der Waals surface area contributed by atoms with Gasteiger partial charge in [0.15, 0.2) is 11.4 Å². The first kappa shape index (κ1) is 22.0. The van der Waals surface area contributed by atoms with Gasteiger partial charge in [-0.15, -0.1) is 0 Å². The van der Waals surface area contributed by atoms with Crippen molar-refractivity contribution in [3.63, 3.8) is 0 Å². The molecule has 0 unspecified atom stereocenters. The number of para-hydroxylation sites is 1. The first-order chi connectivity index (χ1) is 17.6. The average molecular weight is 480 g/mol. The lowest BCUT2D eigenvalue weighted by Crippen LogP contribution is -2.50. The number of benzene rings is 2. The number of rotatable bonds is 4. The quantitative estimate of drug-likeness (QED) is 0.380. The average Bonchev–Trinajstić information content (AvgIpc) is 3.56. The van der Waals surface area contributed by atoms with E-state index >= 15 is 0 Å². The van der Waals surface area contributed by atoms with Crippen LogP contribution in [0.25, 0.3) is 33.3 Å². The number of hydrogen-bond acceptors (Lipinski definition) is 5. The molecule has 4 heterocycles. The lowest BCUT2D eigenvalue weighted by Gasteiger charge is -2.34. The number of furan rings is 1. The van der Waals surface area contributed by atoms with E-state index in [1.54, 1.807) is 22.1 Å². The van der Waals surface area contributed by atoms with Gasteiger partial charge >= 0.3 is 0 Å². The van der Waals surface area contributed by atoms with E-state index in [0.717, 1.165) is 22.0 Å². The number of nitrogens with zero attached hydrogens (tertiary/aromatic N) is 5. The Morgan fingerprint density at radius 3 is 2.31 bits per heavy atom. The van der Waals surface area contributed by atoms with Crippen LogP contribution < -0.4 is 0 Å². The molecular weight excluding hydrogens is 454 g/mol. The lowest BCUT2D eigenvalue weighted by molar-refractivity contribution is 0.0520. The Morgan fingerprint density at radius 1 is 0.889 bits per heavy atom. The molecule has 5 aromatic rings. The van der Waals surface area contributed by atoms with Gasteiger partial charge in [-0.3, -0.25) is 9.59 Å². The van der Waals surface area contributed by atoms with Crippen LogP contribution in [0.4, 0.5) is 0 Å².